The van der Waals surface area contributed by atoms with E-state index in [0.717, 1.165) is 41.4 Å². The van der Waals surface area contributed by atoms with Crippen LogP contribution in [0.25, 0.3) is 0 Å². The number of rotatable bonds is 6. The minimum atomic E-state index is 0.552. The Labute approximate surface area is 182 Å². The minimum Gasteiger partial charge on any atom is -0.0845 e. The molecule has 0 aromatic heterocycles. The van der Waals surface area contributed by atoms with Gasteiger partial charge in [-0.3, -0.25) is 0 Å². The molecular weight excluding hydrogens is 348 g/mol. The molecule has 3 unspecified atom stereocenters. The number of hydrogen-bond donors (Lipinski definition) is 0. The second-order valence-electron chi connectivity index (χ2n) is 12.8. The SMILES string of the molecule is CCC1CC[C@@]2(C)C(=CC[C@@H]3C2CC[C@@]2(C)C3CC[C@@H]2[C@H](C)CCCC(C)C)C1. The van der Waals surface area contributed by atoms with Gasteiger partial charge in [0, 0.05) is 0 Å². The predicted octanol–water partition coefficient (Wildman–Crippen LogP) is 9.05. The second kappa shape index (κ2) is 8.35. The van der Waals surface area contributed by atoms with Crippen LogP contribution in [0.15, 0.2) is 11.6 Å². The van der Waals surface area contributed by atoms with Gasteiger partial charge in [-0.05, 0) is 104 Å². The van der Waals surface area contributed by atoms with E-state index in [2.05, 4.69) is 47.6 Å². The number of hydrogen-bond acceptors (Lipinski definition) is 0. The van der Waals surface area contributed by atoms with Gasteiger partial charge in [0.1, 0.15) is 0 Å². The normalized spacial score (nSPS) is 45.3. The van der Waals surface area contributed by atoms with Crippen LogP contribution in [-0.4, -0.2) is 0 Å². The van der Waals surface area contributed by atoms with Crippen LogP contribution in [-0.2, 0) is 0 Å². The highest BCUT2D eigenvalue weighted by Crippen LogP contribution is 2.67. The van der Waals surface area contributed by atoms with Crippen LogP contribution in [0.5, 0.6) is 0 Å². The Hall–Kier alpha value is -0.260. The molecule has 0 aromatic rings. The third-order valence-corrected chi connectivity index (χ3v) is 11.0. The second-order valence-corrected chi connectivity index (χ2v) is 12.8. The molecule has 0 radical (unpaired) electrons. The van der Waals surface area contributed by atoms with E-state index in [4.69, 9.17) is 0 Å². The fourth-order valence-electron chi connectivity index (χ4n) is 9.11. The van der Waals surface area contributed by atoms with Crippen molar-refractivity contribution < 1.29 is 0 Å². The Morgan fingerprint density at radius 1 is 0.966 bits per heavy atom. The molecule has 0 nitrogen and oxygen atoms in total. The first-order valence-electron chi connectivity index (χ1n) is 13.5. The summed E-state index contributed by atoms with van der Waals surface area (Å²) in [7, 11) is 0. The fourth-order valence-corrected chi connectivity index (χ4v) is 9.11. The minimum absolute atomic E-state index is 0.552. The van der Waals surface area contributed by atoms with Crippen LogP contribution in [0.4, 0.5) is 0 Å². The van der Waals surface area contributed by atoms with Gasteiger partial charge >= 0.3 is 0 Å². The van der Waals surface area contributed by atoms with Crippen LogP contribution in [0.1, 0.15) is 119 Å². The van der Waals surface area contributed by atoms with Crippen molar-refractivity contribution in [1.29, 1.82) is 0 Å². The van der Waals surface area contributed by atoms with Gasteiger partial charge in [0.25, 0.3) is 0 Å². The number of allylic oxidation sites excluding steroid dienone is 2. The summed E-state index contributed by atoms with van der Waals surface area (Å²) in [6, 6.07) is 0. The van der Waals surface area contributed by atoms with Gasteiger partial charge in [0.15, 0.2) is 0 Å². The summed E-state index contributed by atoms with van der Waals surface area (Å²) in [4.78, 5) is 0. The van der Waals surface area contributed by atoms with Crippen molar-refractivity contribution in [2.75, 3.05) is 0 Å². The molecule has 4 aliphatic carbocycles. The molecular formula is C29H50. The first-order chi connectivity index (χ1) is 13.8. The van der Waals surface area contributed by atoms with Gasteiger partial charge in [-0.2, -0.15) is 0 Å². The summed E-state index contributed by atoms with van der Waals surface area (Å²) in [5.41, 5.74) is 3.08. The highest BCUT2D eigenvalue weighted by molar-refractivity contribution is 5.25. The van der Waals surface area contributed by atoms with E-state index >= 15 is 0 Å². The topological polar surface area (TPSA) is 0 Å². The zero-order chi connectivity index (χ0) is 20.8. The molecule has 0 saturated heterocycles. The zero-order valence-electron chi connectivity index (χ0n) is 20.6. The highest BCUT2D eigenvalue weighted by atomic mass is 14.6. The monoisotopic (exact) mass is 398 g/mol. The lowest BCUT2D eigenvalue weighted by molar-refractivity contribution is -0.0528. The fraction of sp³-hybridized carbons (Fsp3) is 0.931. The third-order valence-electron chi connectivity index (χ3n) is 11.0. The van der Waals surface area contributed by atoms with E-state index in [1.165, 1.54) is 77.0 Å². The molecule has 0 bridgehead atoms. The molecule has 3 fully saturated rings. The smallest absolute Gasteiger partial charge is 0.00851 e. The summed E-state index contributed by atoms with van der Waals surface area (Å²) in [5.74, 6) is 6.78. The molecule has 0 N–H and O–H groups in total. The molecule has 0 amide bonds. The van der Waals surface area contributed by atoms with Crippen molar-refractivity contribution >= 4 is 0 Å². The van der Waals surface area contributed by atoms with Crippen LogP contribution in [0.3, 0.4) is 0 Å². The molecule has 4 rings (SSSR count). The van der Waals surface area contributed by atoms with Crippen molar-refractivity contribution in [2.24, 2.45) is 52.3 Å². The Kier molecular flexibility index (Phi) is 6.32. The van der Waals surface area contributed by atoms with E-state index in [1.807, 2.05) is 5.57 Å². The third kappa shape index (κ3) is 3.78. The van der Waals surface area contributed by atoms with Gasteiger partial charge in [-0.15, -0.1) is 0 Å². The van der Waals surface area contributed by atoms with Crippen molar-refractivity contribution in [1.82, 2.24) is 0 Å². The molecule has 29 heavy (non-hydrogen) atoms. The van der Waals surface area contributed by atoms with Gasteiger partial charge in [-0.25, -0.2) is 0 Å². The van der Waals surface area contributed by atoms with Crippen LogP contribution in [0, 0.1) is 52.3 Å². The van der Waals surface area contributed by atoms with Crippen LogP contribution in [0.2, 0.25) is 0 Å². The molecule has 0 spiro atoms. The summed E-state index contributed by atoms with van der Waals surface area (Å²) >= 11 is 0. The average molecular weight is 399 g/mol. The molecule has 4 aliphatic rings. The van der Waals surface area contributed by atoms with Crippen LogP contribution >= 0.6 is 0 Å². The summed E-state index contributed by atoms with van der Waals surface area (Å²) in [6.07, 6.45) is 20.4. The maximum absolute atomic E-state index is 2.77. The van der Waals surface area contributed by atoms with E-state index in [9.17, 15) is 0 Å². The molecule has 166 valence electrons. The summed E-state index contributed by atoms with van der Waals surface area (Å²) < 4.78 is 0. The van der Waals surface area contributed by atoms with Crippen molar-refractivity contribution in [3.05, 3.63) is 11.6 Å². The molecule has 0 aromatic carbocycles. The van der Waals surface area contributed by atoms with Crippen LogP contribution < -0.4 is 0 Å². The van der Waals surface area contributed by atoms with Crippen molar-refractivity contribution in [2.45, 2.75) is 119 Å². The average Bonchev–Trinajstić information content (AvgIpc) is 3.04. The van der Waals surface area contributed by atoms with Crippen molar-refractivity contribution in [3.8, 4) is 0 Å². The van der Waals surface area contributed by atoms with E-state index in [1.54, 1.807) is 0 Å². The Balaban J connectivity index is 1.48. The van der Waals surface area contributed by atoms with Gasteiger partial charge < -0.3 is 0 Å². The summed E-state index contributed by atoms with van der Waals surface area (Å²) in [6.45, 7) is 15.2. The van der Waals surface area contributed by atoms with E-state index in [-0.39, 0.29) is 0 Å². The van der Waals surface area contributed by atoms with Gasteiger partial charge in [0.05, 0.1) is 0 Å². The molecule has 0 aliphatic heterocycles. The zero-order valence-corrected chi connectivity index (χ0v) is 20.6. The van der Waals surface area contributed by atoms with E-state index < -0.39 is 0 Å². The van der Waals surface area contributed by atoms with E-state index in [0.29, 0.717) is 10.8 Å². The maximum atomic E-state index is 2.77. The lowest BCUT2D eigenvalue weighted by Crippen LogP contribution is -2.50. The van der Waals surface area contributed by atoms with Gasteiger partial charge in [-0.1, -0.05) is 78.9 Å². The predicted molar refractivity (Wildman–Crippen MR) is 127 cm³/mol. The Morgan fingerprint density at radius 2 is 1.76 bits per heavy atom. The lowest BCUT2D eigenvalue weighted by atomic mass is 9.46. The van der Waals surface area contributed by atoms with Crippen molar-refractivity contribution in [3.63, 3.8) is 0 Å². The first kappa shape index (κ1) is 22.0. The standard InChI is InChI=1S/C29H50/c1-7-22-15-17-28(5)23(19-22)11-12-24-26-14-13-25(21(4)10-8-9-20(2)3)29(26,6)18-16-27(24)28/h11,20-22,24-27H,7-10,12-19H2,1-6H3/t21-,22?,24+,25-,26?,27?,28+,29-/m1/s1. The molecule has 0 heterocycles. The summed E-state index contributed by atoms with van der Waals surface area (Å²) in [5, 5.41) is 0. The Morgan fingerprint density at radius 3 is 2.48 bits per heavy atom. The van der Waals surface area contributed by atoms with Gasteiger partial charge in [0.2, 0.25) is 0 Å². The quantitative estimate of drug-likeness (QED) is 0.391. The molecule has 8 atom stereocenters. The Bertz CT molecular complexity index is 599. The maximum Gasteiger partial charge on any atom is -0.00851 e. The molecule has 3 saturated carbocycles. The number of fused-ring (bicyclic) bond motifs is 5. The molecule has 0 heteroatoms. The largest absolute Gasteiger partial charge is 0.0845 e. The first-order valence-corrected chi connectivity index (χ1v) is 13.5. The highest BCUT2D eigenvalue weighted by Gasteiger charge is 2.58. The lowest BCUT2D eigenvalue weighted by Gasteiger charge is -2.58.